The van der Waals surface area contributed by atoms with Gasteiger partial charge in [-0.25, -0.2) is 0 Å². The van der Waals surface area contributed by atoms with Gasteiger partial charge in [0.25, 0.3) is 0 Å². The normalized spacial score (nSPS) is 23.2. The molecule has 2 aliphatic carbocycles. The van der Waals surface area contributed by atoms with Crippen molar-refractivity contribution in [2.24, 2.45) is 5.92 Å². The second kappa shape index (κ2) is 5.64. The van der Waals surface area contributed by atoms with Crippen LogP contribution in [0.25, 0.3) is 0 Å². The van der Waals surface area contributed by atoms with Gasteiger partial charge >= 0.3 is 0 Å². The molecule has 2 aliphatic rings. The average molecular weight is 267 g/mol. The van der Waals surface area contributed by atoms with Crippen molar-refractivity contribution in [1.29, 1.82) is 0 Å². The first kappa shape index (κ1) is 12.5. The first-order valence-electron chi connectivity index (χ1n) is 7.51. The SMILES string of the molecule is ClC(CCc1ccn(C2CCCCC2)n1)C1CC1. The van der Waals surface area contributed by atoms with E-state index >= 15 is 0 Å². The number of aryl methyl sites for hydroxylation is 1. The molecule has 2 nitrogen and oxygen atoms in total. The topological polar surface area (TPSA) is 17.8 Å². The lowest BCUT2D eigenvalue weighted by molar-refractivity contribution is 0.328. The van der Waals surface area contributed by atoms with Crippen LogP contribution in [0.3, 0.4) is 0 Å². The van der Waals surface area contributed by atoms with Crippen LogP contribution in [0, 0.1) is 5.92 Å². The predicted molar refractivity (Wildman–Crippen MR) is 75.0 cm³/mol. The van der Waals surface area contributed by atoms with Crippen molar-refractivity contribution >= 4 is 11.6 Å². The predicted octanol–water partition coefficient (Wildman–Crippen LogP) is 4.34. The molecule has 0 N–H and O–H groups in total. The van der Waals surface area contributed by atoms with Gasteiger partial charge in [-0.05, 0) is 50.5 Å². The van der Waals surface area contributed by atoms with Crippen LogP contribution in [0.15, 0.2) is 12.3 Å². The summed E-state index contributed by atoms with van der Waals surface area (Å²) in [6.45, 7) is 0. The second-order valence-corrected chi connectivity index (χ2v) is 6.53. The molecule has 2 saturated carbocycles. The van der Waals surface area contributed by atoms with Crippen LogP contribution >= 0.6 is 11.6 Å². The molecule has 1 aromatic rings. The maximum Gasteiger partial charge on any atom is 0.0625 e. The van der Waals surface area contributed by atoms with Crippen LogP contribution in [-0.4, -0.2) is 15.2 Å². The minimum Gasteiger partial charge on any atom is -0.269 e. The van der Waals surface area contributed by atoms with E-state index in [1.807, 2.05) is 0 Å². The van der Waals surface area contributed by atoms with Crippen molar-refractivity contribution in [2.45, 2.75) is 69.2 Å². The van der Waals surface area contributed by atoms with E-state index < -0.39 is 0 Å². The Morgan fingerprint density at radius 2 is 2.00 bits per heavy atom. The Kier molecular flexibility index (Phi) is 3.93. The standard InChI is InChI=1S/C15H23ClN2/c16-15(12-6-7-12)9-8-13-10-11-18(17-13)14-4-2-1-3-5-14/h10-12,14-15H,1-9H2. The summed E-state index contributed by atoms with van der Waals surface area (Å²) in [5.41, 5.74) is 1.23. The monoisotopic (exact) mass is 266 g/mol. The molecule has 3 heteroatoms. The third-order valence-electron chi connectivity index (χ3n) is 4.42. The van der Waals surface area contributed by atoms with Crippen LogP contribution < -0.4 is 0 Å². The molecule has 0 aliphatic heterocycles. The smallest absolute Gasteiger partial charge is 0.0625 e. The van der Waals surface area contributed by atoms with Gasteiger partial charge in [0.05, 0.1) is 11.7 Å². The highest BCUT2D eigenvalue weighted by Gasteiger charge is 2.29. The van der Waals surface area contributed by atoms with Gasteiger partial charge in [0.2, 0.25) is 0 Å². The zero-order valence-electron chi connectivity index (χ0n) is 11.0. The molecule has 0 spiro atoms. The molecule has 18 heavy (non-hydrogen) atoms. The molecule has 0 radical (unpaired) electrons. The Morgan fingerprint density at radius 1 is 1.22 bits per heavy atom. The summed E-state index contributed by atoms with van der Waals surface area (Å²) in [7, 11) is 0. The van der Waals surface area contributed by atoms with Gasteiger partial charge in [0.1, 0.15) is 0 Å². The van der Waals surface area contributed by atoms with Crippen molar-refractivity contribution in [1.82, 2.24) is 9.78 Å². The number of nitrogens with zero attached hydrogens (tertiary/aromatic N) is 2. The van der Waals surface area contributed by atoms with E-state index in [-0.39, 0.29) is 0 Å². The van der Waals surface area contributed by atoms with Crippen LogP contribution in [0.5, 0.6) is 0 Å². The fourth-order valence-electron chi connectivity index (χ4n) is 3.04. The van der Waals surface area contributed by atoms with Crippen molar-refractivity contribution in [3.05, 3.63) is 18.0 Å². The van der Waals surface area contributed by atoms with E-state index in [0.29, 0.717) is 11.4 Å². The summed E-state index contributed by atoms with van der Waals surface area (Å²) in [5, 5.41) is 5.12. The Labute approximate surface area is 115 Å². The lowest BCUT2D eigenvalue weighted by atomic mass is 9.96. The van der Waals surface area contributed by atoms with E-state index in [0.717, 1.165) is 18.8 Å². The molecule has 1 atom stereocenters. The zero-order valence-corrected chi connectivity index (χ0v) is 11.8. The van der Waals surface area contributed by atoms with E-state index in [2.05, 4.69) is 16.9 Å². The van der Waals surface area contributed by atoms with Crippen molar-refractivity contribution in [3.63, 3.8) is 0 Å². The van der Waals surface area contributed by atoms with E-state index in [1.54, 1.807) is 0 Å². The number of halogens is 1. The first-order valence-corrected chi connectivity index (χ1v) is 7.94. The summed E-state index contributed by atoms with van der Waals surface area (Å²) < 4.78 is 2.20. The fraction of sp³-hybridized carbons (Fsp3) is 0.800. The van der Waals surface area contributed by atoms with Gasteiger partial charge in [0.15, 0.2) is 0 Å². The number of alkyl halides is 1. The third-order valence-corrected chi connectivity index (χ3v) is 5.00. The lowest BCUT2D eigenvalue weighted by Crippen LogP contribution is -2.13. The number of hydrogen-bond acceptors (Lipinski definition) is 1. The van der Waals surface area contributed by atoms with Crippen molar-refractivity contribution in [3.8, 4) is 0 Å². The fourth-order valence-corrected chi connectivity index (χ4v) is 3.40. The van der Waals surface area contributed by atoms with Gasteiger partial charge in [-0.3, -0.25) is 4.68 Å². The highest BCUT2D eigenvalue weighted by atomic mass is 35.5. The molecule has 100 valence electrons. The molecule has 3 rings (SSSR count). The Morgan fingerprint density at radius 3 is 2.72 bits per heavy atom. The Hall–Kier alpha value is -0.500. The molecule has 1 unspecified atom stereocenters. The van der Waals surface area contributed by atoms with Crippen LogP contribution in [-0.2, 0) is 6.42 Å². The zero-order chi connectivity index (χ0) is 12.4. The number of hydrogen-bond donors (Lipinski definition) is 0. The quantitative estimate of drug-likeness (QED) is 0.725. The molecular formula is C15H23ClN2. The van der Waals surface area contributed by atoms with Crippen LogP contribution in [0.2, 0.25) is 0 Å². The molecule has 0 saturated heterocycles. The minimum atomic E-state index is 0.379. The molecule has 0 bridgehead atoms. The van der Waals surface area contributed by atoms with E-state index in [1.165, 1.54) is 50.6 Å². The summed E-state index contributed by atoms with van der Waals surface area (Å²) in [4.78, 5) is 0. The number of rotatable bonds is 5. The van der Waals surface area contributed by atoms with Crippen LogP contribution in [0.4, 0.5) is 0 Å². The summed E-state index contributed by atoms with van der Waals surface area (Å²) in [5.74, 6) is 0.798. The van der Waals surface area contributed by atoms with Gasteiger partial charge in [-0.1, -0.05) is 19.3 Å². The summed E-state index contributed by atoms with van der Waals surface area (Å²) >= 11 is 6.35. The van der Waals surface area contributed by atoms with Gasteiger partial charge < -0.3 is 0 Å². The molecule has 1 heterocycles. The maximum absolute atomic E-state index is 6.35. The minimum absolute atomic E-state index is 0.379. The molecule has 0 amide bonds. The maximum atomic E-state index is 6.35. The van der Waals surface area contributed by atoms with Gasteiger partial charge in [-0.2, -0.15) is 5.10 Å². The first-order chi connectivity index (χ1) is 8.83. The highest BCUT2D eigenvalue weighted by Crippen LogP contribution is 2.37. The lowest BCUT2D eigenvalue weighted by Gasteiger charge is -2.21. The average Bonchev–Trinajstić information content (AvgIpc) is 3.16. The summed E-state index contributed by atoms with van der Waals surface area (Å²) in [6, 6.07) is 2.84. The van der Waals surface area contributed by atoms with Crippen LogP contribution in [0.1, 0.15) is 63.1 Å². The molecule has 1 aromatic heterocycles. The molecule has 2 fully saturated rings. The largest absolute Gasteiger partial charge is 0.269 e. The Balaban J connectivity index is 1.52. The van der Waals surface area contributed by atoms with Crippen molar-refractivity contribution in [2.75, 3.05) is 0 Å². The molecular weight excluding hydrogens is 244 g/mol. The Bertz CT molecular complexity index is 378. The van der Waals surface area contributed by atoms with E-state index in [9.17, 15) is 0 Å². The molecule has 0 aromatic carbocycles. The number of aromatic nitrogens is 2. The van der Waals surface area contributed by atoms with Gasteiger partial charge in [-0.15, -0.1) is 11.6 Å². The van der Waals surface area contributed by atoms with Crippen molar-refractivity contribution < 1.29 is 0 Å². The van der Waals surface area contributed by atoms with Gasteiger partial charge in [0, 0.05) is 11.6 Å². The second-order valence-electron chi connectivity index (χ2n) is 5.97. The third kappa shape index (κ3) is 3.09. The summed E-state index contributed by atoms with van der Waals surface area (Å²) in [6.07, 6.45) is 13.7. The highest BCUT2D eigenvalue weighted by molar-refractivity contribution is 6.20. The van der Waals surface area contributed by atoms with E-state index in [4.69, 9.17) is 16.7 Å².